The molecule has 2 aromatic rings. The fourth-order valence-electron chi connectivity index (χ4n) is 2.96. The molecule has 1 aliphatic rings. The lowest BCUT2D eigenvalue weighted by Gasteiger charge is -2.33. The number of amides is 1. The summed E-state index contributed by atoms with van der Waals surface area (Å²) in [5, 5.41) is 2.82. The molecule has 0 bridgehead atoms. The molecular formula is C19H25N5O3. The smallest absolute Gasteiger partial charge is 0.258 e. The number of benzene rings is 1. The van der Waals surface area contributed by atoms with Gasteiger partial charge >= 0.3 is 0 Å². The first-order chi connectivity index (χ1) is 13.1. The van der Waals surface area contributed by atoms with Gasteiger partial charge in [-0.1, -0.05) is 6.92 Å². The number of carbonyl (C=O) groups is 1. The Hall–Kier alpha value is -2.87. The number of anilines is 2. The van der Waals surface area contributed by atoms with Crippen molar-refractivity contribution in [1.29, 1.82) is 0 Å². The summed E-state index contributed by atoms with van der Waals surface area (Å²) in [4.78, 5) is 25.8. The summed E-state index contributed by atoms with van der Waals surface area (Å²) in [5.74, 6) is 1.54. The Bertz CT molecular complexity index is 773. The highest BCUT2D eigenvalue weighted by molar-refractivity contribution is 6.04. The Morgan fingerprint density at radius 1 is 1.11 bits per heavy atom. The van der Waals surface area contributed by atoms with Gasteiger partial charge in [0.15, 0.2) is 0 Å². The van der Waals surface area contributed by atoms with Gasteiger partial charge in [-0.25, -0.2) is 9.97 Å². The van der Waals surface area contributed by atoms with Gasteiger partial charge in [0, 0.05) is 44.6 Å². The zero-order valence-electron chi connectivity index (χ0n) is 15.9. The molecule has 0 radical (unpaired) electrons. The van der Waals surface area contributed by atoms with Crippen LogP contribution in [0.4, 0.5) is 11.6 Å². The summed E-state index contributed by atoms with van der Waals surface area (Å²) < 4.78 is 10.5. The molecule has 27 heavy (non-hydrogen) atoms. The van der Waals surface area contributed by atoms with Gasteiger partial charge in [-0.15, -0.1) is 0 Å². The van der Waals surface area contributed by atoms with E-state index in [2.05, 4.69) is 32.0 Å². The van der Waals surface area contributed by atoms with E-state index in [1.54, 1.807) is 44.8 Å². The number of nitrogens with one attached hydrogen (secondary N) is 1. The lowest BCUT2D eigenvalue weighted by molar-refractivity contribution is 0.102. The molecule has 1 aromatic carbocycles. The second kappa shape index (κ2) is 8.68. The van der Waals surface area contributed by atoms with Gasteiger partial charge in [0.05, 0.1) is 25.5 Å². The molecule has 2 heterocycles. The average Bonchev–Trinajstić information content (AvgIpc) is 2.74. The molecule has 144 valence electrons. The fourth-order valence-corrected chi connectivity index (χ4v) is 2.96. The second-order valence-electron chi connectivity index (χ2n) is 6.21. The molecule has 1 N–H and O–H groups in total. The molecule has 0 atom stereocenters. The summed E-state index contributed by atoms with van der Waals surface area (Å²) in [6, 6.07) is 5.21. The predicted molar refractivity (Wildman–Crippen MR) is 104 cm³/mol. The van der Waals surface area contributed by atoms with Gasteiger partial charge in [0.1, 0.15) is 11.5 Å². The second-order valence-corrected chi connectivity index (χ2v) is 6.21. The van der Waals surface area contributed by atoms with Gasteiger partial charge in [-0.05, 0) is 18.7 Å². The van der Waals surface area contributed by atoms with Crippen molar-refractivity contribution in [3.63, 3.8) is 0 Å². The summed E-state index contributed by atoms with van der Waals surface area (Å²) in [7, 11) is 3.12. The van der Waals surface area contributed by atoms with Crippen LogP contribution < -0.4 is 19.7 Å². The van der Waals surface area contributed by atoms with Gasteiger partial charge in [-0.3, -0.25) is 4.79 Å². The first-order valence-electron chi connectivity index (χ1n) is 8.97. The zero-order valence-corrected chi connectivity index (χ0v) is 15.9. The lowest BCUT2D eigenvalue weighted by atomic mass is 10.2. The van der Waals surface area contributed by atoms with E-state index in [1.165, 1.54) is 0 Å². The Morgan fingerprint density at radius 2 is 1.81 bits per heavy atom. The van der Waals surface area contributed by atoms with Crippen LogP contribution in [-0.2, 0) is 0 Å². The number of aromatic nitrogens is 2. The fraction of sp³-hybridized carbons (Fsp3) is 0.421. The van der Waals surface area contributed by atoms with E-state index >= 15 is 0 Å². The van der Waals surface area contributed by atoms with E-state index in [0.29, 0.717) is 28.7 Å². The van der Waals surface area contributed by atoms with E-state index in [1.807, 2.05) is 0 Å². The van der Waals surface area contributed by atoms with Crippen LogP contribution in [0.5, 0.6) is 11.5 Å². The van der Waals surface area contributed by atoms with Crippen molar-refractivity contribution in [2.45, 2.75) is 6.92 Å². The van der Waals surface area contributed by atoms with Crippen LogP contribution in [0.15, 0.2) is 30.6 Å². The van der Waals surface area contributed by atoms with Gasteiger partial charge in [0.2, 0.25) is 5.95 Å². The summed E-state index contributed by atoms with van der Waals surface area (Å²) in [5.41, 5.74) is 0.951. The monoisotopic (exact) mass is 371 g/mol. The number of ether oxygens (including phenoxy) is 2. The minimum atomic E-state index is -0.291. The van der Waals surface area contributed by atoms with E-state index in [9.17, 15) is 4.79 Å². The number of piperazine rings is 1. The average molecular weight is 371 g/mol. The predicted octanol–water partition coefficient (Wildman–Crippen LogP) is 1.89. The molecule has 1 saturated heterocycles. The summed E-state index contributed by atoms with van der Waals surface area (Å²) in [6.45, 7) is 7.00. The van der Waals surface area contributed by atoms with Crippen molar-refractivity contribution in [2.24, 2.45) is 0 Å². The minimum absolute atomic E-state index is 0.291. The van der Waals surface area contributed by atoms with Gasteiger partial charge in [0.25, 0.3) is 5.91 Å². The number of carbonyl (C=O) groups excluding carboxylic acids is 1. The normalized spacial score (nSPS) is 14.7. The largest absolute Gasteiger partial charge is 0.497 e. The molecule has 1 amide bonds. The topological polar surface area (TPSA) is 79.8 Å². The van der Waals surface area contributed by atoms with E-state index in [-0.39, 0.29) is 5.91 Å². The van der Waals surface area contributed by atoms with E-state index in [4.69, 9.17) is 9.47 Å². The molecule has 8 nitrogen and oxygen atoms in total. The third kappa shape index (κ3) is 4.46. The molecular weight excluding hydrogens is 346 g/mol. The maximum absolute atomic E-state index is 12.5. The standard InChI is InChI=1S/C19H25N5O3/c1-4-23-7-9-24(10-8-23)19-20-12-14(13-21-19)18(25)22-16-6-5-15(26-2)11-17(16)27-3/h5-6,11-13H,4,7-10H2,1-3H3,(H,22,25). The highest BCUT2D eigenvalue weighted by Gasteiger charge is 2.18. The Balaban J connectivity index is 1.66. The first-order valence-corrected chi connectivity index (χ1v) is 8.97. The van der Waals surface area contributed by atoms with Crippen LogP contribution in [0.1, 0.15) is 17.3 Å². The maximum Gasteiger partial charge on any atom is 0.258 e. The SMILES string of the molecule is CCN1CCN(c2ncc(C(=O)Nc3ccc(OC)cc3OC)cn2)CC1. The van der Waals surface area contributed by atoms with Crippen LogP contribution in [0.25, 0.3) is 0 Å². The maximum atomic E-state index is 12.5. The van der Waals surface area contributed by atoms with Crippen LogP contribution in [-0.4, -0.2) is 67.7 Å². The van der Waals surface area contributed by atoms with E-state index < -0.39 is 0 Å². The molecule has 8 heteroatoms. The quantitative estimate of drug-likeness (QED) is 0.830. The lowest BCUT2D eigenvalue weighted by Crippen LogP contribution is -2.46. The van der Waals surface area contributed by atoms with Crippen LogP contribution in [0.3, 0.4) is 0 Å². The number of likely N-dealkylation sites (N-methyl/N-ethyl adjacent to an activating group) is 1. The number of hydrogen-bond acceptors (Lipinski definition) is 7. The van der Waals surface area contributed by atoms with Crippen molar-refractivity contribution in [1.82, 2.24) is 14.9 Å². The van der Waals surface area contributed by atoms with Crippen molar-refractivity contribution < 1.29 is 14.3 Å². The molecule has 1 fully saturated rings. The van der Waals surface area contributed by atoms with Gasteiger partial charge < -0.3 is 24.6 Å². The van der Waals surface area contributed by atoms with Crippen molar-refractivity contribution in [2.75, 3.05) is 57.2 Å². The third-order valence-corrected chi connectivity index (χ3v) is 4.66. The third-order valence-electron chi connectivity index (χ3n) is 4.66. The Kier molecular flexibility index (Phi) is 6.08. The highest BCUT2D eigenvalue weighted by Crippen LogP contribution is 2.29. The molecule has 0 unspecified atom stereocenters. The van der Waals surface area contributed by atoms with Crippen LogP contribution in [0.2, 0.25) is 0 Å². The summed E-state index contributed by atoms with van der Waals surface area (Å²) in [6.07, 6.45) is 3.11. The van der Waals surface area contributed by atoms with Crippen molar-refractivity contribution >= 4 is 17.5 Å². The molecule has 3 rings (SSSR count). The van der Waals surface area contributed by atoms with Gasteiger partial charge in [-0.2, -0.15) is 0 Å². The summed E-state index contributed by atoms with van der Waals surface area (Å²) >= 11 is 0. The molecule has 1 aliphatic heterocycles. The van der Waals surface area contributed by atoms with E-state index in [0.717, 1.165) is 32.7 Å². The number of hydrogen-bond donors (Lipinski definition) is 1. The van der Waals surface area contributed by atoms with Crippen LogP contribution >= 0.6 is 0 Å². The zero-order chi connectivity index (χ0) is 19.2. The molecule has 0 aliphatic carbocycles. The van der Waals surface area contributed by atoms with Crippen LogP contribution in [0, 0.1) is 0 Å². The Morgan fingerprint density at radius 3 is 2.41 bits per heavy atom. The van der Waals surface area contributed by atoms with Crippen molar-refractivity contribution in [3.8, 4) is 11.5 Å². The number of nitrogens with zero attached hydrogens (tertiary/aromatic N) is 4. The number of rotatable bonds is 6. The Labute approximate surface area is 159 Å². The number of methoxy groups -OCH3 is 2. The van der Waals surface area contributed by atoms with Crippen molar-refractivity contribution in [3.05, 3.63) is 36.2 Å². The minimum Gasteiger partial charge on any atom is -0.497 e. The molecule has 0 saturated carbocycles. The first kappa shape index (κ1) is 18.9. The molecule has 0 spiro atoms. The highest BCUT2D eigenvalue weighted by atomic mass is 16.5. The molecule has 1 aromatic heterocycles.